The zero-order valence-electron chi connectivity index (χ0n) is 14.0. The highest BCUT2D eigenvalue weighted by Gasteiger charge is 2.49. The van der Waals surface area contributed by atoms with Crippen LogP contribution in [0.4, 0.5) is 5.82 Å². The van der Waals surface area contributed by atoms with Gasteiger partial charge >= 0.3 is 24.2 Å². The number of anilines is 1. The number of hydrogen-bond donors (Lipinski definition) is 5. The zero-order valence-corrected chi connectivity index (χ0v) is 16.7. The molecule has 2 fully saturated rings. The second-order valence-electron chi connectivity index (χ2n) is 5.83. The van der Waals surface area contributed by atoms with Gasteiger partial charge in [-0.05, 0) is 0 Å². The first-order valence-electron chi connectivity index (χ1n) is 7.70. The van der Waals surface area contributed by atoms with Crippen LogP contribution in [0.3, 0.4) is 0 Å². The predicted molar refractivity (Wildman–Crippen MR) is 91.4 cm³/mol. The van der Waals surface area contributed by atoms with E-state index in [2.05, 4.69) is 27.9 Å². The van der Waals surface area contributed by atoms with Crippen LogP contribution in [0.25, 0.3) is 11.2 Å². The van der Waals surface area contributed by atoms with Crippen LogP contribution in [0.5, 0.6) is 0 Å². The highest BCUT2D eigenvalue weighted by molar-refractivity contribution is 7.72. The van der Waals surface area contributed by atoms with Crippen LogP contribution in [0.15, 0.2) is 12.7 Å². The summed E-state index contributed by atoms with van der Waals surface area (Å²) >= 11 is 0. The number of phosphoric acid groups is 2. The van der Waals surface area contributed by atoms with Crippen molar-refractivity contribution >= 4 is 41.2 Å². The molecule has 19 heteroatoms. The predicted octanol–water partition coefficient (Wildman–Crippen LogP) is -0.465. The standard InChI is InChI=1S/C10H14N5O11P3/c11-8-5-9(13-2-12-8)15(3-14-5)10-7(17)6(16)4(23-10)1-22-27-24-28(18,19)26-29(20,21)25-27/h2-4,6-7,10,16-17H,1H2,(H,18,19)(H,20,21)(H2,11,12,13). The lowest BCUT2D eigenvalue weighted by atomic mass is 10.1. The third-order valence-corrected chi connectivity index (χ3v) is 8.62. The second-order valence-corrected chi connectivity index (χ2v) is 10.4. The van der Waals surface area contributed by atoms with Gasteiger partial charge in [0.15, 0.2) is 17.7 Å². The number of nitrogen functional groups attached to an aromatic ring is 1. The Hall–Kier alpha value is -1.12. The SMILES string of the molecule is Nc1ncnc2c1ncn2C1OC(COP2OP(=O)(O)OP(=O)(O)O2)C(O)C1O. The fraction of sp³-hybridized carbons (Fsp3) is 0.500. The van der Waals surface area contributed by atoms with Crippen LogP contribution in [-0.4, -0.2) is 64.4 Å². The van der Waals surface area contributed by atoms with Crippen molar-refractivity contribution in [2.45, 2.75) is 24.5 Å². The molecule has 29 heavy (non-hydrogen) atoms. The summed E-state index contributed by atoms with van der Waals surface area (Å²) in [6, 6.07) is 0. The average molecular weight is 473 g/mol. The number of imidazole rings is 1. The summed E-state index contributed by atoms with van der Waals surface area (Å²) in [6.45, 7) is -0.524. The summed E-state index contributed by atoms with van der Waals surface area (Å²) in [7, 11) is -12.5. The minimum Gasteiger partial charge on any atom is -0.387 e. The lowest BCUT2D eigenvalue weighted by Gasteiger charge is -2.27. The van der Waals surface area contributed by atoms with Crippen LogP contribution in [0.1, 0.15) is 6.23 Å². The molecule has 2 saturated heterocycles. The van der Waals surface area contributed by atoms with E-state index in [0.717, 1.165) is 0 Å². The minimum atomic E-state index is -4.86. The summed E-state index contributed by atoms with van der Waals surface area (Å²) in [4.78, 5) is 30.3. The molecule has 2 aromatic heterocycles. The Kier molecular flexibility index (Phi) is 5.49. The molecule has 0 aliphatic carbocycles. The number of aliphatic hydroxyl groups is 2. The Morgan fingerprint density at radius 3 is 2.55 bits per heavy atom. The number of fused-ring (bicyclic) bond motifs is 1. The molecule has 6 atom stereocenters. The van der Waals surface area contributed by atoms with Gasteiger partial charge in [-0.3, -0.25) is 4.57 Å². The van der Waals surface area contributed by atoms with E-state index in [1.54, 1.807) is 0 Å². The number of rotatable bonds is 4. The Morgan fingerprint density at radius 2 is 1.86 bits per heavy atom. The van der Waals surface area contributed by atoms with Crippen molar-refractivity contribution in [3.05, 3.63) is 12.7 Å². The largest absolute Gasteiger partial charge is 0.488 e. The van der Waals surface area contributed by atoms with Crippen molar-refractivity contribution in [3.8, 4) is 0 Å². The van der Waals surface area contributed by atoms with Crippen molar-refractivity contribution in [1.29, 1.82) is 0 Å². The molecule has 0 radical (unpaired) electrons. The first kappa shape index (κ1) is 21.1. The Balaban J connectivity index is 1.47. The highest BCUT2D eigenvalue weighted by Crippen LogP contribution is 2.76. The number of aromatic nitrogens is 4. The van der Waals surface area contributed by atoms with E-state index in [9.17, 15) is 29.1 Å². The van der Waals surface area contributed by atoms with Gasteiger partial charge in [-0.25, -0.2) is 32.7 Å². The van der Waals surface area contributed by atoms with Crippen molar-refractivity contribution in [2.24, 2.45) is 0 Å². The highest BCUT2D eigenvalue weighted by atomic mass is 31.3. The van der Waals surface area contributed by atoms with Crippen molar-refractivity contribution in [3.63, 3.8) is 0 Å². The van der Waals surface area contributed by atoms with Crippen molar-refractivity contribution in [1.82, 2.24) is 19.5 Å². The van der Waals surface area contributed by atoms with Gasteiger partial charge < -0.3 is 35.0 Å². The molecule has 0 amide bonds. The van der Waals surface area contributed by atoms with Crippen LogP contribution in [-0.2, 0) is 31.3 Å². The van der Waals surface area contributed by atoms with Crippen LogP contribution < -0.4 is 5.73 Å². The van der Waals surface area contributed by atoms with E-state index < -0.39 is 55.4 Å². The van der Waals surface area contributed by atoms with E-state index in [0.29, 0.717) is 0 Å². The molecule has 0 spiro atoms. The molecule has 4 heterocycles. The molecule has 16 nitrogen and oxygen atoms in total. The Labute approximate surface area is 162 Å². The average Bonchev–Trinajstić information content (AvgIpc) is 3.14. The van der Waals surface area contributed by atoms with Gasteiger partial charge in [-0.2, -0.15) is 4.31 Å². The minimum absolute atomic E-state index is 0.111. The molecule has 0 saturated carbocycles. The molecule has 4 rings (SSSR count). The fourth-order valence-electron chi connectivity index (χ4n) is 2.68. The Morgan fingerprint density at radius 1 is 1.17 bits per heavy atom. The number of nitrogens with zero attached hydrogens (tertiary/aromatic N) is 4. The molecule has 2 aliphatic heterocycles. The number of nitrogens with two attached hydrogens (primary N) is 1. The van der Waals surface area contributed by atoms with E-state index in [1.807, 2.05) is 0 Å². The summed E-state index contributed by atoms with van der Waals surface area (Å²) in [5.41, 5.74) is 6.22. The van der Waals surface area contributed by atoms with Gasteiger partial charge in [0.05, 0.1) is 12.9 Å². The monoisotopic (exact) mass is 473 g/mol. The first-order chi connectivity index (χ1) is 13.6. The molecule has 0 aromatic carbocycles. The molecule has 6 unspecified atom stereocenters. The normalized spacial score (nSPS) is 40.5. The van der Waals surface area contributed by atoms with Crippen LogP contribution >= 0.6 is 24.2 Å². The quantitative estimate of drug-likeness (QED) is 0.354. The van der Waals surface area contributed by atoms with Gasteiger partial charge in [0.1, 0.15) is 30.2 Å². The van der Waals surface area contributed by atoms with Gasteiger partial charge in [-0.1, -0.05) is 0 Å². The third-order valence-electron chi connectivity index (χ3n) is 3.89. The topological polar surface area (TPSA) is 231 Å². The second kappa shape index (κ2) is 7.54. The van der Waals surface area contributed by atoms with E-state index >= 15 is 0 Å². The summed E-state index contributed by atoms with van der Waals surface area (Å²) in [6.07, 6.45) is -2.71. The van der Waals surface area contributed by atoms with Crippen LogP contribution in [0.2, 0.25) is 0 Å². The molecule has 160 valence electrons. The molecule has 2 aliphatic rings. The van der Waals surface area contributed by atoms with Crippen molar-refractivity contribution < 1.29 is 51.3 Å². The van der Waals surface area contributed by atoms with Crippen LogP contribution in [0, 0.1) is 0 Å². The van der Waals surface area contributed by atoms with Gasteiger partial charge in [0.25, 0.3) is 0 Å². The number of hydrogen-bond acceptors (Lipinski definition) is 13. The molecule has 2 aromatic rings. The summed E-state index contributed by atoms with van der Waals surface area (Å²) in [5, 5.41) is 20.6. The zero-order chi connectivity index (χ0) is 21.0. The molecular formula is C10H14N5O11P3. The maximum Gasteiger partial charge on any atom is 0.488 e. The van der Waals surface area contributed by atoms with Gasteiger partial charge in [0, 0.05) is 0 Å². The maximum absolute atomic E-state index is 11.4. The van der Waals surface area contributed by atoms with Gasteiger partial charge in [0.2, 0.25) is 0 Å². The van der Waals surface area contributed by atoms with E-state index in [1.165, 1.54) is 17.2 Å². The van der Waals surface area contributed by atoms with E-state index in [-0.39, 0.29) is 17.0 Å². The van der Waals surface area contributed by atoms with E-state index in [4.69, 9.17) is 15.0 Å². The number of aliphatic hydroxyl groups excluding tert-OH is 2. The summed E-state index contributed by atoms with van der Waals surface area (Å²) in [5.74, 6) is 0.111. The number of ether oxygens (including phenoxy) is 1. The lowest BCUT2D eigenvalue weighted by molar-refractivity contribution is -0.0487. The lowest BCUT2D eigenvalue weighted by Crippen LogP contribution is -2.33. The molecule has 6 N–H and O–H groups in total. The maximum atomic E-state index is 11.4. The fourth-order valence-corrected chi connectivity index (χ4v) is 6.88. The first-order valence-corrected chi connectivity index (χ1v) is 11.8. The third kappa shape index (κ3) is 4.21. The Bertz CT molecular complexity index is 996. The molecular weight excluding hydrogens is 459 g/mol. The summed E-state index contributed by atoms with van der Waals surface area (Å²) < 4.78 is 47.5. The smallest absolute Gasteiger partial charge is 0.387 e. The molecule has 0 bridgehead atoms. The van der Waals surface area contributed by atoms with Crippen molar-refractivity contribution in [2.75, 3.05) is 12.3 Å². The van der Waals surface area contributed by atoms with Gasteiger partial charge in [-0.15, -0.1) is 0 Å².